The van der Waals surface area contributed by atoms with Gasteiger partial charge in [0.1, 0.15) is 5.69 Å². The molecular weight excluding hydrogens is 266 g/mol. The number of amides is 1. The van der Waals surface area contributed by atoms with Crippen LogP contribution in [0.4, 0.5) is 0 Å². The number of nitrogens with one attached hydrogen (secondary N) is 2. The number of carbonyl (C=O) groups is 1. The molecule has 5 heteroatoms. The molecule has 0 unspecified atom stereocenters. The minimum atomic E-state index is -0.0341. The quantitative estimate of drug-likeness (QED) is 0.822. The number of para-hydroxylation sites is 1. The Morgan fingerprint density at radius 1 is 1.29 bits per heavy atom. The molecule has 0 saturated carbocycles. The molecule has 0 radical (unpaired) electrons. The predicted molar refractivity (Wildman–Crippen MR) is 82.5 cm³/mol. The van der Waals surface area contributed by atoms with Gasteiger partial charge in [0, 0.05) is 30.5 Å². The molecule has 21 heavy (non-hydrogen) atoms. The lowest BCUT2D eigenvalue weighted by Crippen LogP contribution is -2.38. The third kappa shape index (κ3) is 3.62. The van der Waals surface area contributed by atoms with E-state index in [0.29, 0.717) is 12.2 Å². The molecule has 0 atom stereocenters. The number of nitrogens with zero attached hydrogens (tertiary/aromatic N) is 1. The molecule has 2 heterocycles. The van der Waals surface area contributed by atoms with Crippen molar-refractivity contribution in [2.75, 3.05) is 39.4 Å². The van der Waals surface area contributed by atoms with Gasteiger partial charge in [0.15, 0.2) is 0 Å². The average Bonchev–Trinajstić information content (AvgIpc) is 2.96. The fourth-order valence-corrected chi connectivity index (χ4v) is 2.62. The van der Waals surface area contributed by atoms with Gasteiger partial charge in [-0.25, -0.2) is 0 Å². The van der Waals surface area contributed by atoms with Crippen LogP contribution in [0.2, 0.25) is 0 Å². The van der Waals surface area contributed by atoms with Crippen molar-refractivity contribution in [1.29, 1.82) is 0 Å². The van der Waals surface area contributed by atoms with Crippen molar-refractivity contribution in [1.82, 2.24) is 15.2 Å². The highest BCUT2D eigenvalue weighted by molar-refractivity contribution is 5.97. The summed E-state index contributed by atoms with van der Waals surface area (Å²) in [5.74, 6) is -0.0341. The van der Waals surface area contributed by atoms with Crippen LogP contribution in [0.1, 0.15) is 16.9 Å². The van der Waals surface area contributed by atoms with Crippen molar-refractivity contribution in [3.63, 3.8) is 0 Å². The summed E-state index contributed by atoms with van der Waals surface area (Å²) in [7, 11) is 0. The summed E-state index contributed by atoms with van der Waals surface area (Å²) >= 11 is 0. The van der Waals surface area contributed by atoms with E-state index in [2.05, 4.69) is 15.2 Å². The van der Waals surface area contributed by atoms with Gasteiger partial charge in [-0.2, -0.15) is 0 Å². The van der Waals surface area contributed by atoms with Gasteiger partial charge < -0.3 is 15.0 Å². The Labute approximate surface area is 124 Å². The zero-order chi connectivity index (χ0) is 14.5. The molecule has 0 spiro atoms. The monoisotopic (exact) mass is 287 g/mol. The number of morpholine rings is 1. The number of rotatable bonds is 5. The summed E-state index contributed by atoms with van der Waals surface area (Å²) in [5, 5.41) is 4.04. The molecule has 3 rings (SSSR count). The van der Waals surface area contributed by atoms with E-state index in [1.165, 1.54) is 0 Å². The summed E-state index contributed by atoms with van der Waals surface area (Å²) in [4.78, 5) is 17.6. The SMILES string of the molecule is O=C(NCCCN1CCOCC1)c1cc2ccccc2[nH]1. The Morgan fingerprint density at radius 3 is 2.90 bits per heavy atom. The van der Waals surface area contributed by atoms with Crippen LogP contribution in [0.15, 0.2) is 30.3 Å². The zero-order valence-electron chi connectivity index (χ0n) is 12.1. The van der Waals surface area contributed by atoms with E-state index in [-0.39, 0.29) is 5.91 Å². The van der Waals surface area contributed by atoms with Gasteiger partial charge in [-0.15, -0.1) is 0 Å². The topological polar surface area (TPSA) is 57.4 Å². The van der Waals surface area contributed by atoms with Crippen LogP contribution in [-0.2, 0) is 4.74 Å². The maximum Gasteiger partial charge on any atom is 0.267 e. The fraction of sp³-hybridized carbons (Fsp3) is 0.438. The number of aromatic amines is 1. The zero-order valence-corrected chi connectivity index (χ0v) is 12.1. The highest BCUT2D eigenvalue weighted by Gasteiger charge is 2.11. The molecule has 1 aromatic carbocycles. The number of carbonyl (C=O) groups excluding carboxylic acids is 1. The van der Waals surface area contributed by atoms with E-state index in [4.69, 9.17) is 4.74 Å². The highest BCUT2D eigenvalue weighted by atomic mass is 16.5. The largest absolute Gasteiger partial charge is 0.379 e. The van der Waals surface area contributed by atoms with Crippen LogP contribution >= 0.6 is 0 Å². The normalized spacial score (nSPS) is 16.2. The van der Waals surface area contributed by atoms with Gasteiger partial charge in [-0.05, 0) is 25.1 Å². The van der Waals surface area contributed by atoms with E-state index < -0.39 is 0 Å². The van der Waals surface area contributed by atoms with Crippen molar-refractivity contribution in [3.05, 3.63) is 36.0 Å². The number of ether oxygens (including phenoxy) is 1. The molecule has 1 saturated heterocycles. The lowest BCUT2D eigenvalue weighted by atomic mass is 10.2. The standard InChI is InChI=1S/C16H21N3O2/c20-16(15-12-13-4-1-2-5-14(13)18-15)17-6-3-7-19-8-10-21-11-9-19/h1-2,4-5,12,18H,3,6-11H2,(H,17,20). The van der Waals surface area contributed by atoms with Crippen molar-refractivity contribution < 1.29 is 9.53 Å². The molecule has 2 aromatic rings. The third-order valence-electron chi connectivity index (χ3n) is 3.81. The molecule has 0 aliphatic carbocycles. The van der Waals surface area contributed by atoms with Crippen LogP contribution < -0.4 is 5.32 Å². The maximum atomic E-state index is 12.1. The third-order valence-corrected chi connectivity index (χ3v) is 3.81. The first-order valence-electron chi connectivity index (χ1n) is 7.49. The minimum absolute atomic E-state index is 0.0341. The molecule has 112 valence electrons. The number of fused-ring (bicyclic) bond motifs is 1. The summed E-state index contributed by atoms with van der Waals surface area (Å²) in [5.41, 5.74) is 1.62. The molecule has 1 amide bonds. The summed E-state index contributed by atoms with van der Waals surface area (Å²) in [6.45, 7) is 5.34. The van der Waals surface area contributed by atoms with Gasteiger partial charge >= 0.3 is 0 Å². The first kappa shape index (κ1) is 14.1. The Bertz CT molecular complexity index is 569. The Kier molecular flexibility index (Phi) is 4.52. The van der Waals surface area contributed by atoms with Gasteiger partial charge in [0.2, 0.25) is 0 Å². The van der Waals surface area contributed by atoms with E-state index in [1.54, 1.807) is 0 Å². The number of benzene rings is 1. The maximum absolute atomic E-state index is 12.1. The Hall–Kier alpha value is -1.85. The molecule has 1 aromatic heterocycles. The average molecular weight is 287 g/mol. The van der Waals surface area contributed by atoms with Crippen molar-refractivity contribution in [2.45, 2.75) is 6.42 Å². The molecule has 2 N–H and O–H groups in total. The number of aromatic nitrogens is 1. The van der Waals surface area contributed by atoms with Crippen LogP contribution in [-0.4, -0.2) is 55.2 Å². The predicted octanol–water partition coefficient (Wildman–Crippen LogP) is 1.62. The smallest absolute Gasteiger partial charge is 0.267 e. The number of H-pyrrole nitrogens is 1. The molecule has 5 nitrogen and oxygen atoms in total. The van der Waals surface area contributed by atoms with Gasteiger partial charge in [-0.1, -0.05) is 18.2 Å². The van der Waals surface area contributed by atoms with Gasteiger partial charge in [0.05, 0.1) is 13.2 Å². The summed E-state index contributed by atoms with van der Waals surface area (Å²) in [6, 6.07) is 9.81. The number of hydrogen-bond acceptors (Lipinski definition) is 3. The van der Waals surface area contributed by atoms with Crippen LogP contribution in [0.3, 0.4) is 0 Å². The van der Waals surface area contributed by atoms with Crippen molar-refractivity contribution in [2.24, 2.45) is 0 Å². The molecule has 1 fully saturated rings. The Morgan fingerprint density at radius 2 is 2.10 bits per heavy atom. The minimum Gasteiger partial charge on any atom is -0.379 e. The second-order valence-corrected chi connectivity index (χ2v) is 5.33. The second-order valence-electron chi connectivity index (χ2n) is 5.33. The summed E-state index contributed by atoms with van der Waals surface area (Å²) < 4.78 is 5.32. The lowest BCUT2D eigenvalue weighted by molar-refractivity contribution is 0.0374. The fourth-order valence-electron chi connectivity index (χ4n) is 2.62. The van der Waals surface area contributed by atoms with E-state index >= 15 is 0 Å². The van der Waals surface area contributed by atoms with E-state index in [1.807, 2.05) is 30.3 Å². The van der Waals surface area contributed by atoms with Crippen molar-refractivity contribution in [3.8, 4) is 0 Å². The van der Waals surface area contributed by atoms with E-state index in [0.717, 1.165) is 50.2 Å². The van der Waals surface area contributed by atoms with Crippen molar-refractivity contribution >= 4 is 16.8 Å². The molecule has 0 bridgehead atoms. The van der Waals surface area contributed by atoms with Gasteiger partial charge in [0.25, 0.3) is 5.91 Å². The van der Waals surface area contributed by atoms with Crippen LogP contribution in [0.5, 0.6) is 0 Å². The number of hydrogen-bond donors (Lipinski definition) is 2. The molecule has 1 aliphatic heterocycles. The van der Waals surface area contributed by atoms with E-state index in [9.17, 15) is 4.79 Å². The lowest BCUT2D eigenvalue weighted by Gasteiger charge is -2.26. The first-order valence-corrected chi connectivity index (χ1v) is 7.49. The van der Waals surface area contributed by atoms with Crippen LogP contribution in [0.25, 0.3) is 10.9 Å². The van der Waals surface area contributed by atoms with Crippen LogP contribution in [0, 0.1) is 0 Å². The molecular formula is C16H21N3O2. The molecule has 1 aliphatic rings. The summed E-state index contributed by atoms with van der Waals surface area (Å²) in [6.07, 6.45) is 0.964. The first-order chi connectivity index (χ1) is 10.3. The Balaban J connectivity index is 1.45. The second kappa shape index (κ2) is 6.74. The highest BCUT2D eigenvalue weighted by Crippen LogP contribution is 2.14. The van der Waals surface area contributed by atoms with Gasteiger partial charge in [-0.3, -0.25) is 9.69 Å².